The Morgan fingerprint density at radius 3 is 2.41 bits per heavy atom. The molecule has 0 aliphatic carbocycles. The highest BCUT2D eigenvalue weighted by Gasteiger charge is 2.30. The molecule has 8 heteroatoms. The topological polar surface area (TPSA) is 29.5 Å². The Morgan fingerprint density at radius 2 is 1.85 bits per heavy atom. The number of likely N-dealkylation sites (N-methyl/N-ethyl adjacent to an activating group) is 1. The SMILES string of the molecule is CCN1C(=O)/C(=C/c2cc(I)c(OCc3ccc(Cl)cc3)c(I)c2)SC1=S. The summed E-state index contributed by atoms with van der Waals surface area (Å²) in [7, 11) is 0. The first kappa shape index (κ1) is 21.4. The van der Waals surface area contributed by atoms with Crippen LogP contribution in [-0.4, -0.2) is 21.7 Å². The van der Waals surface area contributed by atoms with Crippen molar-refractivity contribution in [3.8, 4) is 5.75 Å². The number of rotatable bonds is 5. The first-order chi connectivity index (χ1) is 12.9. The van der Waals surface area contributed by atoms with E-state index >= 15 is 0 Å². The summed E-state index contributed by atoms with van der Waals surface area (Å²) >= 11 is 17.1. The molecule has 0 unspecified atom stereocenters. The van der Waals surface area contributed by atoms with E-state index in [1.165, 1.54) is 11.8 Å². The summed E-state index contributed by atoms with van der Waals surface area (Å²) in [6, 6.07) is 11.6. The summed E-state index contributed by atoms with van der Waals surface area (Å²) in [5, 5.41) is 0.709. The number of hydrogen-bond donors (Lipinski definition) is 0. The Morgan fingerprint density at radius 1 is 1.22 bits per heavy atom. The predicted octanol–water partition coefficient (Wildman–Crippen LogP) is 6.35. The summed E-state index contributed by atoms with van der Waals surface area (Å²) in [4.78, 5) is 14.7. The zero-order valence-electron chi connectivity index (χ0n) is 14.2. The molecule has 3 nitrogen and oxygen atoms in total. The van der Waals surface area contributed by atoms with Gasteiger partial charge in [-0.1, -0.05) is 47.7 Å². The Balaban J connectivity index is 1.79. The lowest BCUT2D eigenvalue weighted by molar-refractivity contribution is -0.121. The maximum absolute atomic E-state index is 12.4. The number of thiocarbonyl (C=S) groups is 1. The minimum Gasteiger partial charge on any atom is -0.487 e. The molecule has 0 saturated carbocycles. The molecule has 0 bridgehead atoms. The zero-order chi connectivity index (χ0) is 19.6. The van der Waals surface area contributed by atoms with E-state index in [4.69, 9.17) is 28.6 Å². The minimum absolute atomic E-state index is 0.0272. The molecule has 1 fully saturated rings. The molecule has 0 spiro atoms. The highest BCUT2D eigenvalue weighted by Crippen LogP contribution is 2.35. The largest absolute Gasteiger partial charge is 0.487 e. The maximum Gasteiger partial charge on any atom is 0.266 e. The molecule has 2 aromatic carbocycles. The molecule has 1 amide bonds. The van der Waals surface area contributed by atoms with E-state index < -0.39 is 0 Å². The maximum atomic E-state index is 12.4. The Bertz CT molecular complexity index is 909. The van der Waals surface area contributed by atoms with E-state index in [1.807, 2.05) is 49.4 Å². The molecule has 3 rings (SSSR count). The van der Waals surface area contributed by atoms with Gasteiger partial charge in [-0.3, -0.25) is 9.69 Å². The third kappa shape index (κ3) is 5.17. The monoisotopic (exact) mass is 641 g/mol. The highest BCUT2D eigenvalue weighted by molar-refractivity contribution is 14.1. The second-order valence-corrected chi connectivity index (χ2v) is 10.1. The fourth-order valence-electron chi connectivity index (χ4n) is 2.46. The highest BCUT2D eigenvalue weighted by atomic mass is 127. The van der Waals surface area contributed by atoms with Crippen LogP contribution >= 0.6 is 80.8 Å². The number of thioether (sulfide) groups is 1. The van der Waals surface area contributed by atoms with Crippen molar-refractivity contribution >= 4 is 97.1 Å². The molecule has 1 saturated heterocycles. The lowest BCUT2D eigenvalue weighted by Crippen LogP contribution is -2.27. The van der Waals surface area contributed by atoms with Gasteiger partial charge in [0.2, 0.25) is 0 Å². The van der Waals surface area contributed by atoms with Gasteiger partial charge in [-0.05, 0) is 93.6 Å². The van der Waals surface area contributed by atoms with E-state index in [0.29, 0.717) is 27.4 Å². The van der Waals surface area contributed by atoms with Crippen LogP contribution in [0.5, 0.6) is 5.75 Å². The van der Waals surface area contributed by atoms with Crippen molar-refractivity contribution in [3.05, 3.63) is 64.6 Å². The first-order valence-electron chi connectivity index (χ1n) is 8.00. The minimum atomic E-state index is -0.0272. The van der Waals surface area contributed by atoms with Gasteiger partial charge in [0.15, 0.2) is 0 Å². The lowest BCUT2D eigenvalue weighted by Gasteiger charge is -2.12. The summed E-state index contributed by atoms with van der Waals surface area (Å²) in [5.74, 6) is 0.810. The number of ether oxygens (including phenoxy) is 1. The molecule has 140 valence electrons. The molecular weight excluding hydrogens is 628 g/mol. The average molecular weight is 642 g/mol. The van der Waals surface area contributed by atoms with Crippen molar-refractivity contribution in [1.29, 1.82) is 0 Å². The quantitative estimate of drug-likeness (QED) is 0.216. The van der Waals surface area contributed by atoms with Gasteiger partial charge in [-0.2, -0.15) is 0 Å². The number of nitrogens with zero attached hydrogens (tertiary/aromatic N) is 1. The van der Waals surface area contributed by atoms with Gasteiger partial charge in [0, 0.05) is 11.6 Å². The van der Waals surface area contributed by atoms with Gasteiger partial charge in [0.25, 0.3) is 5.91 Å². The van der Waals surface area contributed by atoms with Gasteiger partial charge in [0.1, 0.15) is 16.7 Å². The number of benzene rings is 2. The van der Waals surface area contributed by atoms with Gasteiger partial charge in [-0.15, -0.1) is 0 Å². The molecule has 1 heterocycles. The number of carbonyl (C=O) groups is 1. The second kappa shape index (κ2) is 9.43. The Hall–Kier alpha value is -0.360. The van der Waals surface area contributed by atoms with Crippen LogP contribution < -0.4 is 4.74 Å². The summed E-state index contributed by atoms with van der Waals surface area (Å²) in [5.41, 5.74) is 2.01. The van der Waals surface area contributed by atoms with Crippen molar-refractivity contribution < 1.29 is 9.53 Å². The van der Waals surface area contributed by atoms with Crippen molar-refractivity contribution in [2.45, 2.75) is 13.5 Å². The fourth-order valence-corrected chi connectivity index (χ4v) is 6.10. The van der Waals surface area contributed by atoms with Crippen molar-refractivity contribution in [2.75, 3.05) is 6.54 Å². The van der Waals surface area contributed by atoms with Crippen LogP contribution in [0.3, 0.4) is 0 Å². The van der Waals surface area contributed by atoms with Crippen LogP contribution in [0.25, 0.3) is 6.08 Å². The number of hydrogen-bond acceptors (Lipinski definition) is 4. The van der Waals surface area contributed by atoms with Crippen molar-refractivity contribution in [3.63, 3.8) is 0 Å². The number of amides is 1. The van der Waals surface area contributed by atoms with Gasteiger partial charge in [0.05, 0.1) is 12.0 Å². The van der Waals surface area contributed by atoms with Crippen LogP contribution in [0.2, 0.25) is 5.02 Å². The molecule has 0 aromatic heterocycles. The van der Waals surface area contributed by atoms with Gasteiger partial charge < -0.3 is 4.74 Å². The van der Waals surface area contributed by atoms with E-state index in [2.05, 4.69) is 45.2 Å². The van der Waals surface area contributed by atoms with Gasteiger partial charge >= 0.3 is 0 Å². The van der Waals surface area contributed by atoms with E-state index in [-0.39, 0.29) is 5.91 Å². The fraction of sp³-hybridized carbons (Fsp3) is 0.158. The van der Waals surface area contributed by atoms with Crippen LogP contribution in [-0.2, 0) is 11.4 Å². The molecule has 0 N–H and O–H groups in total. The number of carbonyl (C=O) groups excluding carboxylic acids is 1. The number of halogens is 3. The van der Waals surface area contributed by atoms with E-state index in [9.17, 15) is 4.79 Å². The molecule has 1 aliphatic rings. The van der Waals surface area contributed by atoms with Crippen LogP contribution in [0.15, 0.2) is 41.3 Å². The van der Waals surface area contributed by atoms with Crippen LogP contribution in [0.1, 0.15) is 18.1 Å². The smallest absolute Gasteiger partial charge is 0.266 e. The summed E-state index contributed by atoms with van der Waals surface area (Å²) < 4.78 is 8.61. The average Bonchev–Trinajstić information content (AvgIpc) is 2.88. The predicted molar refractivity (Wildman–Crippen MR) is 133 cm³/mol. The van der Waals surface area contributed by atoms with Gasteiger partial charge in [-0.25, -0.2) is 0 Å². The standard InChI is InChI=1S/C19H14ClI2NO2S2/c1-2-23-18(24)16(27-19(23)26)9-12-7-14(21)17(15(22)8-12)25-10-11-3-5-13(20)6-4-11/h3-9H,2,10H2,1H3/b16-9-. The van der Waals surface area contributed by atoms with Crippen LogP contribution in [0, 0.1) is 7.14 Å². The van der Waals surface area contributed by atoms with Crippen molar-refractivity contribution in [2.24, 2.45) is 0 Å². The molecule has 27 heavy (non-hydrogen) atoms. The molecule has 0 radical (unpaired) electrons. The van der Waals surface area contributed by atoms with E-state index in [1.54, 1.807) is 4.90 Å². The normalized spacial score (nSPS) is 15.7. The third-order valence-corrected chi connectivity index (χ3v) is 7.04. The Labute approximate surface area is 200 Å². The Kier molecular flexibility index (Phi) is 7.45. The summed E-state index contributed by atoms with van der Waals surface area (Å²) in [6.07, 6.45) is 1.89. The summed E-state index contributed by atoms with van der Waals surface area (Å²) in [6.45, 7) is 2.98. The molecule has 0 atom stereocenters. The molecular formula is C19H14ClI2NO2S2. The van der Waals surface area contributed by atoms with Crippen LogP contribution in [0.4, 0.5) is 0 Å². The molecule has 1 aliphatic heterocycles. The van der Waals surface area contributed by atoms with Crippen molar-refractivity contribution in [1.82, 2.24) is 4.90 Å². The molecule has 2 aromatic rings. The third-order valence-electron chi connectivity index (χ3n) is 3.80. The first-order valence-corrected chi connectivity index (χ1v) is 11.8. The zero-order valence-corrected chi connectivity index (χ0v) is 20.9. The lowest BCUT2D eigenvalue weighted by atomic mass is 10.2. The second-order valence-electron chi connectivity index (χ2n) is 5.65. The van der Waals surface area contributed by atoms with E-state index in [0.717, 1.165) is 24.0 Å².